The van der Waals surface area contributed by atoms with E-state index in [2.05, 4.69) is 0 Å². The van der Waals surface area contributed by atoms with Crippen LogP contribution in [0.1, 0.15) is 21.5 Å². The first-order valence-electron chi connectivity index (χ1n) is 9.94. The number of fused-ring (bicyclic) bond motifs is 1. The van der Waals surface area contributed by atoms with E-state index in [0.717, 1.165) is 22.5 Å². The SMILES string of the molecule is Cc1cc2oc(=O)cc(COC(=O)c3ccc(F)c(S(=O)(=O)N4CCOCC4)c3)c2cc1Cl. The first-order chi connectivity index (χ1) is 15.7. The number of sulfonamides is 1. The number of aryl methyl sites for hydroxylation is 1. The van der Waals surface area contributed by atoms with Gasteiger partial charge in [-0.3, -0.25) is 0 Å². The van der Waals surface area contributed by atoms with Crippen LogP contribution in [0, 0.1) is 12.7 Å². The van der Waals surface area contributed by atoms with E-state index < -0.39 is 32.3 Å². The maximum absolute atomic E-state index is 14.4. The number of morpholine rings is 1. The Morgan fingerprint density at radius 3 is 2.64 bits per heavy atom. The van der Waals surface area contributed by atoms with Gasteiger partial charge in [0, 0.05) is 35.1 Å². The molecule has 0 atom stereocenters. The highest BCUT2D eigenvalue weighted by Crippen LogP contribution is 2.26. The van der Waals surface area contributed by atoms with Crippen molar-refractivity contribution >= 4 is 38.6 Å². The zero-order chi connectivity index (χ0) is 23.8. The normalized spacial score (nSPS) is 15.0. The lowest BCUT2D eigenvalue weighted by atomic mass is 10.1. The number of nitrogens with zero attached hydrogens (tertiary/aromatic N) is 1. The second-order valence-corrected chi connectivity index (χ2v) is 9.74. The van der Waals surface area contributed by atoms with Crippen molar-refractivity contribution in [3.8, 4) is 0 Å². The van der Waals surface area contributed by atoms with Gasteiger partial charge in [-0.25, -0.2) is 22.4 Å². The minimum absolute atomic E-state index is 0.0855. The first-order valence-corrected chi connectivity index (χ1v) is 11.8. The number of rotatable bonds is 5. The van der Waals surface area contributed by atoms with Crippen LogP contribution in [0.3, 0.4) is 0 Å². The molecule has 0 unspecified atom stereocenters. The molecule has 8 nitrogen and oxygen atoms in total. The Morgan fingerprint density at radius 1 is 1.18 bits per heavy atom. The molecule has 2 heterocycles. The molecule has 0 bridgehead atoms. The number of esters is 1. The van der Waals surface area contributed by atoms with Gasteiger partial charge in [0.1, 0.15) is 22.9 Å². The number of carbonyl (C=O) groups is 1. The monoisotopic (exact) mass is 495 g/mol. The van der Waals surface area contributed by atoms with Gasteiger partial charge in [-0.2, -0.15) is 4.31 Å². The third-order valence-corrected chi connectivity index (χ3v) is 7.54. The second kappa shape index (κ2) is 9.22. The molecule has 0 amide bonds. The number of hydrogen-bond donors (Lipinski definition) is 0. The summed E-state index contributed by atoms with van der Waals surface area (Å²) in [6, 6.07) is 7.36. The summed E-state index contributed by atoms with van der Waals surface area (Å²) < 4.78 is 56.7. The van der Waals surface area contributed by atoms with Crippen LogP contribution in [0.4, 0.5) is 4.39 Å². The summed E-state index contributed by atoms with van der Waals surface area (Å²) in [5.41, 5.74) is 0.581. The van der Waals surface area contributed by atoms with Crippen molar-refractivity contribution in [2.45, 2.75) is 18.4 Å². The molecular weight excluding hydrogens is 477 g/mol. The maximum atomic E-state index is 14.4. The molecule has 1 aliphatic heterocycles. The van der Waals surface area contributed by atoms with Gasteiger partial charge in [0.25, 0.3) is 0 Å². The van der Waals surface area contributed by atoms with E-state index in [1.54, 1.807) is 19.1 Å². The lowest BCUT2D eigenvalue weighted by molar-refractivity contribution is 0.0473. The molecule has 0 N–H and O–H groups in total. The van der Waals surface area contributed by atoms with Crippen molar-refractivity contribution in [2.24, 2.45) is 0 Å². The summed E-state index contributed by atoms with van der Waals surface area (Å²) >= 11 is 6.17. The third kappa shape index (κ3) is 4.79. The van der Waals surface area contributed by atoms with Crippen LogP contribution in [0.5, 0.6) is 0 Å². The van der Waals surface area contributed by atoms with Crippen molar-refractivity contribution in [3.63, 3.8) is 0 Å². The number of hydrogen-bond acceptors (Lipinski definition) is 7. The molecule has 3 aromatic rings. The van der Waals surface area contributed by atoms with E-state index >= 15 is 0 Å². The average molecular weight is 496 g/mol. The van der Waals surface area contributed by atoms with E-state index in [0.29, 0.717) is 21.5 Å². The number of halogens is 2. The molecule has 1 fully saturated rings. The predicted octanol–water partition coefficient (Wildman–Crippen LogP) is 3.27. The van der Waals surface area contributed by atoms with Crippen LogP contribution >= 0.6 is 11.6 Å². The molecule has 33 heavy (non-hydrogen) atoms. The second-order valence-electron chi connectivity index (χ2n) is 7.43. The molecule has 2 aromatic carbocycles. The number of carbonyl (C=O) groups excluding carboxylic acids is 1. The van der Waals surface area contributed by atoms with Crippen LogP contribution in [0.2, 0.25) is 5.02 Å². The summed E-state index contributed by atoms with van der Waals surface area (Å²) in [5, 5.41) is 0.938. The summed E-state index contributed by atoms with van der Waals surface area (Å²) in [6.45, 7) is 2.02. The fraction of sp³-hybridized carbons (Fsp3) is 0.273. The van der Waals surface area contributed by atoms with E-state index in [1.807, 2.05) is 0 Å². The molecule has 0 aliphatic carbocycles. The highest BCUT2D eigenvalue weighted by molar-refractivity contribution is 7.89. The van der Waals surface area contributed by atoms with Crippen molar-refractivity contribution in [1.29, 1.82) is 0 Å². The van der Waals surface area contributed by atoms with Crippen molar-refractivity contribution in [2.75, 3.05) is 26.3 Å². The highest BCUT2D eigenvalue weighted by Gasteiger charge is 2.30. The van der Waals surface area contributed by atoms with E-state index in [4.69, 9.17) is 25.5 Å². The van der Waals surface area contributed by atoms with Crippen molar-refractivity contribution in [3.05, 3.63) is 74.3 Å². The summed E-state index contributed by atoms with van der Waals surface area (Å²) in [6.07, 6.45) is 0. The Hall–Kier alpha value is -2.79. The molecule has 0 spiro atoms. The first kappa shape index (κ1) is 23.4. The van der Waals surface area contributed by atoms with Crippen LogP contribution in [0.25, 0.3) is 11.0 Å². The number of ether oxygens (including phenoxy) is 2. The topological polar surface area (TPSA) is 103 Å². The molecule has 1 saturated heterocycles. The van der Waals surface area contributed by atoms with Crippen LogP contribution in [-0.4, -0.2) is 45.0 Å². The molecule has 4 rings (SSSR count). The molecule has 11 heteroatoms. The Balaban J connectivity index is 1.60. The van der Waals surface area contributed by atoms with Crippen LogP contribution in [-0.2, 0) is 26.1 Å². The Kier molecular flexibility index (Phi) is 6.53. The van der Waals surface area contributed by atoms with Gasteiger partial charge in [0.05, 0.1) is 18.8 Å². The van der Waals surface area contributed by atoms with E-state index in [-0.39, 0.29) is 44.1 Å². The van der Waals surface area contributed by atoms with E-state index in [1.165, 1.54) is 6.07 Å². The molecule has 1 aliphatic rings. The van der Waals surface area contributed by atoms with E-state index in [9.17, 15) is 22.4 Å². The minimum atomic E-state index is -4.16. The third-order valence-electron chi connectivity index (χ3n) is 5.22. The van der Waals surface area contributed by atoms with Gasteiger partial charge in [0.15, 0.2) is 0 Å². The molecular formula is C22H19ClFNO7S. The zero-order valence-corrected chi connectivity index (χ0v) is 19.0. The lowest BCUT2D eigenvalue weighted by Gasteiger charge is -2.26. The van der Waals surface area contributed by atoms with Crippen molar-refractivity contribution < 1.29 is 31.5 Å². The standard InChI is InChI=1S/C22H19ClFNO7S/c1-13-8-19-16(11-17(13)23)15(10-21(26)32-19)12-31-22(27)14-2-3-18(24)20(9-14)33(28,29)25-4-6-30-7-5-25/h2-3,8-11H,4-7,12H2,1H3. The summed E-state index contributed by atoms with van der Waals surface area (Å²) in [5.74, 6) is -1.86. The fourth-order valence-corrected chi connectivity index (χ4v) is 5.11. The van der Waals surface area contributed by atoms with Gasteiger partial charge in [-0.15, -0.1) is 0 Å². The average Bonchev–Trinajstić information content (AvgIpc) is 2.79. The Bertz CT molecular complexity index is 1400. The Labute approximate surface area is 193 Å². The quantitative estimate of drug-likeness (QED) is 0.395. The smallest absolute Gasteiger partial charge is 0.338 e. The van der Waals surface area contributed by atoms with Crippen LogP contribution < -0.4 is 5.63 Å². The van der Waals surface area contributed by atoms with Gasteiger partial charge in [-0.1, -0.05) is 11.6 Å². The number of benzene rings is 2. The van der Waals surface area contributed by atoms with Gasteiger partial charge >= 0.3 is 11.6 Å². The fourth-order valence-electron chi connectivity index (χ4n) is 3.45. The molecule has 1 aromatic heterocycles. The largest absolute Gasteiger partial charge is 0.457 e. The van der Waals surface area contributed by atoms with Gasteiger partial charge in [-0.05, 0) is 42.8 Å². The maximum Gasteiger partial charge on any atom is 0.338 e. The molecule has 0 radical (unpaired) electrons. The van der Waals surface area contributed by atoms with Crippen LogP contribution in [0.15, 0.2) is 50.5 Å². The molecule has 0 saturated carbocycles. The zero-order valence-electron chi connectivity index (χ0n) is 17.5. The van der Waals surface area contributed by atoms with Crippen molar-refractivity contribution in [1.82, 2.24) is 4.31 Å². The summed E-state index contributed by atoms with van der Waals surface area (Å²) in [4.78, 5) is 23.9. The van der Waals surface area contributed by atoms with Gasteiger partial charge in [0.2, 0.25) is 10.0 Å². The predicted molar refractivity (Wildman–Crippen MR) is 117 cm³/mol. The van der Waals surface area contributed by atoms with Gasteiger partial charge < -0.3 is 13.9 Å². The summed E-state index contributed by atoms with van der Waals surface area (Å²) in [7, 11) is -4.16. The lowest BCUT2D eigenvalue weighted by Crippen LogP contribution is -2.41. The minimum Gasteiger partial charge on any atom is -0.457 e. The Morgan fingerprint density at radius 2 is 1.91 bits per heavy atom. The highest BCUT2D eigenvalue weighted by atomic mass is 35.5. The molecule has 174 valence electrons.